The van der Waals surface area contributed by atoms with Gasteiger partial charge < -0.3 is 15.3 Å². The molecule has 1 heterocycles. The summed E-state index contributed by atoms with van der Waals surface area (Å²) in [5, 5.41) is 11.6. The van der Waals surface area contributed by atoms with Crippen LogP contribution in [-0.4, -0.2) is 41.6 Å². The smallest absolute Gasteiger partial charge is 0.317 e. The van der Waals surface area contributed by atoms with Crippen molar-refractivity contribution < 1.29 is 14.7 Å². The number of urea groups is 1. The van der Waals surface area contributed by atoms with E-state index in [1.54, 1.807) is 0 Å². The number of amides is 2. The Morgan fingerprint density at radius 1 is 1.24 bits per heavy atom. The van der Waals surface area contributed by atoms with E-state index in [9.17, 15) is 9.59 Å². The van der Waals surface area contributed by atoms with Gasteiger partial charge in [-0.15, -0.1) is 0 Å². The summed E-state index contributed by atoms with van der Waals surface area (Å²) < 4.78 is 0. The molecular formula is C16H30N2O3. The molecule has 1 aliphatic rings. The molecule has 0 saturated carbocycles. The van der Waals surface area contributed by atoms with Crippen molar-refractivity contribution in [2.75, 3.05) is 19.6 Å². The summed E-state index contributed by atoms with van der Waals surface area (Å²) in [4.78, 5) is 24.5. The summed E-state index contributed by atoms with van der Waals surface area (Å²) in [6.07, 6.45) is 5.31. The zero-order chi connectivity index (χ0) is 15.9. The van der Waals surface area contributed by atoms with Crippen LogP contribution in [0.1, 0.15) is 59.3 Å². The van der Waals surface area contributed by atoms with Gasteiger partial charge in [-0.05, 0) is 30.6 Å². The molecule has 0 spiro atoms. The van der Waals surface area contributed by atoms with Gasteiger partial charge in [0.15, 0.2) is 0 Å². The highest BCUT2D eigenvalue weighted by Crippen LogP contribution is 2.37. The Bertz CT molecular complexity index is 343. The Labute approximate surface area is 128 Å². The van der Waals surface area contributed by atoms with Gasteiger partial charge in [0, 0.05) is 26.1 Å². The van der Waals surface area contributed by atoms with Crippen LogP contribution in [0.2, 0.25) is 0 Å². The predicted octanol–water partition coefficient (Wildman–Crippen LogP) is 3.10. The van der Waals surface area contributed by atoms with Gasteiger partial charge in [0.2, 0.25) is 0 Å². The Hall–Kier alpha value is -1.26. The van der Waals surface area contributed by atoms with Crippen molar-refractivity contribution in [3.05, 3.63) is 0 Å². The molecule has 5 heteroatoms. The number of carboxylic acid groups (broad SMARTS) is 1. The van der Waals surface area contributed by atoms with Crippen molar-refractivity contribution in [3.63, 3.8) is 0 Å². The molecule has 0 radical (unpaired) electrons. The highest BCUT2D eigenvalue weighted by Gasteiger charge is 2.32. The maximum Gasteiger partial charge on any atom is 0.317 e. The average molecular weight is 298 g/mol. The van der Waals surface area contributed by atoms with Crippen LogP contribution in [0.3, 0.4) is 0 Å². The Morgan fingerprint density at radius 2 is 1.81 bits per heavy atom. The molecule has 2 N–H and O–H groups in total. The molecule has 1 rings (SSSR count). The van der Waals surface area contributed by atoms with E-state index >= 15 is 0 Å². The highest BCUT2D eigenvalue weighted by molar-refractivity contribution is 5.74. The van der Waals surface area contributed by atoms with Crippen molar-refractivity contribution in [1.29, 1.82) is 0 Å². The zero-order valence-corrected chi connectivity index (χ0v) is 13.7. The van der Waals surface area contributed by atoms with Gasteiger partial charge in [-0.2, -0.15) is 0 Å². The van der Waals surface area contributed by atoms with E-state index in [1.807, 2.05) is 11.8 Å². The summed E-state index contributed by atoms with van der Waals surface area (Å²) in [5.41, 5.74) is 0.422. The summed E-state index contributed by atoms with van der Waals surface area (Å²) in [6, 6.07) is -0.00187. The third kappa shape index (κ3) is 5.56. The van der Waals surface area contributed by atoms with Crippen LogP contribution in [0.5, 0.6) is 0 Å². The number of carbonyl (C=O) groups is 2. The van der Waals surface area contributed by atoms with Crippen LogP contribution >= 0.6 is 0 Å². The zero-order valence-electron chi connectivity index (χ0n) is 13.7. The fourth-order valence-electron chi connectivity index (χ4n) is 2.99. The molecule has 1 fully saturated rings. The lowest BCUT2D eigenvalue weighted by Crippen LogP contribution is -2.48. The third-order valence-corrected chi connectivity index (χ3v) is 5.06. The van der Waals surface area contributed by atoms with Crippen molar-refractivity contribution >= 4 is 12.0 Å². The van der Waals surface area contributed by atoms with E-state index in [-0.39, 0.29) is 18.4 Å². The van der Waals surface area contributed by atoms with Gasteiger partial charge in [0.1, 0.15) is 0 Å². The van der Waals surface area contributed by atoms with E-state index in [1.165, 1.54) is 12.8 Å². The standard InChI is InChI=1S/C16H30N2O3/c1-4-16(5-2)8-10-18(11-9-16)15(21)17-12-13(3)6-7-14(19)20/h13H,4-12H2,1-3H3,(H,17,21)(H,19,20). The second-order valence-electron chi connectivity index (χ2n) is 6.42. The van der Waals surface area contributed by atoms with Gasteiger partial charge in [0.25, 0.3) is 0 Å². The normalized spacial score (nSPS) is 19.1. The molecule has 1 unspecified atom stereocenters. The highest BCUT2D eigenvalue weighted by atomic mass is 16.4. The number of aliphatic carboxylic acids is 1. The molecule has 0 aromatic heterocycles. The first-order valence-corrected chi connectivity index (χ1v) is 8.17. The quantitative estimate of drug-likeness (QED) is 0.758. The topological polar surface area (TPSA) is 69.6 Å². The lowest BCUT2D eigenvalue weighted by atomic mass is 9.74. The first-order chi connectivity index (χ1) is 9.92. The van der Waals surface area contributed by atoms with Crippen LogP contribution in [-0.2, 0) is 4.79 Å². The lowest BCUT2D eigenvalue weighted by molar-refractivity contribution is -0.137. The van der Waals surface area contributed by atoms with E-state index in [4.69, 9.17) is 5.11 Å². The molecule has 0 aliphatic carbocycles. The Morgan fingerprint density at radius 3 is 2.29 bits per heavy atom. The first-order valence-electron chi connectivity index (χ1n) is 8.17. The fraction of sp³-hybridized carbons (Fsp3) is 0.875. The Balaban J connectivity index is 2.29. The molecule has 0 aromatic rings. The second kappa shape index (κ2) is 8.25. The van der Waals surface area contributed by atoms with Gasteiger partial charge in [0.05, 0.1) is 0 Å². The van der Waals surface area contributed by atoms with E-state index in [0.717, 1.165) is 25.9 Å². The lowest BCUT2D eigenvalue weighted by Gasteiger charge is -2.41. The van der Waals surface area contributed by atoms with Crippen LogP contribution in [0.4, 0.5) is 4.79 Å². The van der Waals surface area contributed by atoms with Gasteiger partial charge in [-0.25, -0.2) is 4.79 Å². The number of nitrogens with zero attached hydrogens (tertiary/aromatic N) is 1. The number of likely N-dealkylation sites (tertiary alicyclic amines) is 1. The van der Waals surface area contributed by atoms with E-state index < -0.39 is 5.97 Å². The Kier molecular flexibility index (Phi) is 6.99. The van der Waals surface area contributed by atoms with E-state index in [0.29, 0.717) is 18.4 Å². The minimum absolute atomic E-state index is 0.00187. The fourth-order valence-corrected chi connectivity index (χ4v) is 2.99. The van der Waals surface area contributed by atoms with Gasteiger partial charge in [-0.1, -0.05) is 33.6 Å². The summed E-state index contributed by atoms with van der Waals surface area (Å²) in [6.45, 7) is 8.66. The molecule has 122 valence electrons. The molecule has 0 bridgehead atoms. The number of carboxylic acids is 1. The SMILES string of the molecule is CCC1(CC)CCN(C(=O)NCC(C)CCC(=O)O)CC1. The van der Waals surface area contributed by atoms with Crippen molar-refractivity contribution in [1.82, 2.24) is 10.2 Å². The van der Waals surface area contributed by atoms with Crippen molar-refractivity contribution in [2.24, 2.45) is 11.3 Å². The summed E-state index contributed by atoms with van der Waals surface area (Å²) in [5.74, 6) is -0.583. The minimum Gasteiger partial charge on any atom is -0.481 e. The van der Waals surface area contributed by atoms with Gasteiger partial charge in [-0.3, -0.25) is 4.79 Å². The number of hydrogen-bond donors (Lipinski definition) is 2. The molecule has 21 heavy (non-hydrogen) atoms. The number of nitrogens with one attached hydrogen (secondary N) is 1. The molecule has 1 aliphatic heterocycles. The molecule has 1 atom stereocenters. The molecule has 0 aromatic carbocycles. The van der Waals surface area contributed by atoms with Crippen LogP contribution in [0.25, 0.3) is 0 Å². The van der Waals surface area contributed by atoms with Crippen LogP contribution in [0, 0.1) is 11.3 Å². The number of carbonyl (C=O) groups excluding carboxylic acids is 1. The number of hydrogen-bond acceptors (Lipinski definition) is 2. The largest absolute Gasteiger partial charge is 0.481 e. The maximum absolute atomic E-state index is 12.1. The number of piperidine rings is 1. The monoisotopic (exact) mass is 298 g/mol. The molecule has 2 amide bonds. The number of rotatable bonds is 7. The summed E-state index contributed by atoms with van der Waals surface area (Å²) in [7, 11) is 0. The molecule has 5 nitrogen and oxygen atoms in total. The third-order valence-electron chi connectivity index (χ3n) is 5.06. The minimum atomic E-state index is -0.778. The van der Waals surface area contributed by atoms with Crippen LogP contribution < -0.4 is 5.32 Å². The van der Waals surface area contributed by atoms with E-state index in [2.05, 4.69) is 19.2 Å². The average Bonchev–Trinajstić information content (AvgIpc) is 2.50. The predicted molar refractivity (Wildman–Crippen MR) is 83.3 cm³/mol. The first kappa shape index (κ1) is 17.8. The van der Waals surface area contributed by atoms with Crippen LogP contribution in [0.15, 0.2) is 0 Å². The van der Waals surface area contributed by atoms with Gasteiger partial charge >= 0.3 is 12.0 Å². The van der Waals surface area contributed by atoms with Crippen molar-refractivity contribution in [3.8, 4) is 0 Å². The molecular weight excluding hydrogens is 268 g/mol. The van der Waals surface area contributed by atoms with Crippen molar-refractivity contribution in [2.45, 2.75) is 59.3 Å². The molecule has 1 saturated heterocycles. The summed E-state index contributed by atoms with van der Waals surface area (Å²) >= 11 is 0. The second-order valence-corrected chi connectivity index (χ2v) is 6.42. The maximum atomic E-state index is 12.1.